The molecule has 0 radical (unpaired) electrons. The third kappa shape index (κ3) is 121. The van der Waals surface area contributed by atoms with Gasteiger partial charge in [-0.15, -0.1) is 6.58 Å². The molecule has 1 nitrogen and oxygen atoms in total. The monoisotopic (exact) mass is 96.0 g/mol. The molecule has 0 aromatic rings. The predicted octanol–water partition coefficient (Wildman–Crippen LogP) is 1.96. The summed E-state index contributed by atoms with van der Waals surface area (Å²) in [6, 6.07) is 0. The molecule has 0 saturated carbocycles. The van der Waals surface area contributed by atoms with Crippen molar-refractivity contribution in [1.29, 1.82) is 0 Å². The zero-order valence-corrected chi connectivity index (χ0v) is 3.45. The first-order valence-corrected chi connectivity index (χ1v) is 1.29. The summed E-state index contributed by atoms with van der Waals surface area (Å²) in [7, 11) is 0. The fourth-order valence-electron chi connectivity index (χ4n) is 0. The van der Waals surface area contributed by atoms with Crippen LogP contribution in [0.15, 0.2) is 12.7 Å². The Labute approximate surface area is 35.0 Å². The smallest absolute Gasteiger partial charge is 0.0209 e. The van der Waals surface area contributed by atoms with Crippen LogP contribution in [0.3, 0.4) is 0 Å². The molecule has 0 saturated heterocycles. The van der Waals surface area contributed by atoms with Gasteiger partial charge in [-0.3, -0.25) is 0 Å². The lowest BCUT2D eigenvalue weighted by molar-refractivity contribution is -0.317. The standard InChI is InChI=1S/C3H6.F2O/c2*1-3-2/h3H,1H2,2H3;. The number of rotatable bonds is 0. The fourth-order valence-corrected chi connectivity index (χ4v) is 0. The van der Waals surface area contributed by atoms with Crippen LogP contribution in [0, 0.1) is 0 Å². The maximum atomic E-state index is 9.12. The molecule has 0 aromatic carbocycles. The van der Waals surface area contributed by atoms with Gasteiger partial charge in [0.25, 0.3) is 0 Å². The van der Waals surface area contributed by atoms with E-state index in [9.17, 15) is 0 Å². The summed E-state index contributed by atoms with van der Waals surface area (Å²) in [5.74, 6) is 0. The van der Waals surface area contributed by atoms with Gasteiger partial charge in [-0.1, -0.05) is 6.08 Å². The van der Waals surface area contributed by atoms with Crippen LogP contribution in [-0.4, -0.2) is 0 Å². The number of allylic oxidation sites excluding steroid dienone is 1. The van der Waals surface area contributed by atoms with Crippen molar-refractivity contribution in [3.8, 4) is 0 Å². The fraction of sp³-hybridized carbons (Fsp3) is 0.333. The largest absolute Gasteiger partial charge is 0.103 e. The summed E-state index contributed by atoms with van der Waals surface area (Å²) < 4.78 is 18.2. The molecule has 0 atom stereocenters. The molecule has 0 N–H and O–H groups in total. The first-order chi connectivity index (χ1) is 2.83. The SMILES string of the molecule is C=CC.FOF. The van der Waals surface area contributed by atoms with Crippen LogP contribution in [0.5, 0.6) is 0 Å². The van der Waals surface area contributed by atoms with Crippen LogP contribution in [0.1, 0.15) is 6.92 Å². The van der Waals surface area contributed by atoms with Gasteiger partial charge in [0.2, 0.25) is 0 Å². The zero-order chi connectivity index (χ0) is 5.41. The Kier molecular flexibility index (Phi) is 36.1. The highest BCUT2D eigenvalue weighted by molar-refractivity contribution is 4.51. The van der Waals surface area contributed by atoms with E-state index < -0.39 is 0 Å². The van der Waals surface area contributed by atoms with Gasteiger partial charge in [0.05, 0.1) is 0 Å². The molecule has 0 rings (SSSR count). The van der Waals surface area contributed by atoms with Crippen molar-refractivity contribution in [3.05, 3.63) is 12.7 Å². The maximum absolute atomic E-state index is 9.12. The molecule has 0 aliphatic heterocycles. The molecule has 38 valence electrons. The van der Waals surface area contributed by atoms with E-state index >= 15 is 0 Å². The van der Waals surface area contributed by atoms with E-state index in [2.05, 4.69) is 6.58 Å². The average Bonchev–Trinajstić information content (AvgIpc) is 1.39. The lowest BCUT2D eigenvalue weighted by Gasteiger charge is -1.41. The number of hydrogen-bond donors (Lipinski definition) is 0. The Morgan fingerprint density at radius 3 is 1.67 bits per heavy atom. The number of hydrogen-bond acceptors (Lipinski definition) is 1. The second-order valence-corrected chi connectivity index (χ2v) is 0.467. The molecule has 6 heavy (non-hydrogen) atoms. The minimum absolute atomic E-state index is 1.25. The van der Waals surface area contributed by atoms with E-state index in [1.807, 2.05) is 6.92 Å². The summed E-state index contributed by atoms with van der Waals surface area (Å²) in [6.07, 6.45) is 1.75. The summed E-state index contributed by atoms with van der Waals surface area (Å²) in [5.41, 5.74) is 0. The van der Waals surface area contributed by atoms with Gasteiger partial charge < -0.3 is 0 Å². The third-order valence-electron chi connectivity index (χ3n) is 0. The van der Waals surface area contributed by atoms with E-state index in [0.717, 1.165) is 0 Å². The van der Waals surface area contributed by atoms with Gasteiger partial charge in [0.15, 0.2) is 0 Å². The summed E-state index contributed by atoms with van der Waals surface area (Å²) >= 11 is 0. The predicted molar refractivity (Wildman–Crippen MR) is 19.2 cm³/mol. The maximum Gasteiger partial charge on any atom is 0.0209 e. The third-order valence-corrected chi connectivity index (χ3v) is 0. The van der Waals surface area contributed by atoms with Gasteiger partial charge >= 0.3 is 0 Å². The molecule has 0 aromatic heterocycles. The van der Waals surface area contributed by atoms with E-state index in [1.54, 1.807) is 6.08 Å². The van der Waals surface area contributed by atoms with E-state index in [0.29, 0.717) is 0 Å². The zero-order valence-electron chi connectivity index (χ0n) is 3.45. The topological polar surface area (TPSA) is 9.23 Å². The van der Waals surface area contributed by atoms with Crippen LogP contribution in [-0.2, 0) is 5.15 Å². The highest BCUT2D eigenvalue weighted by atomic mass is 19.6. The molecule has 0 aliphatic rings. The minimum Gasteiger partial charge on any atom is -0.103 e. The van der Waals surface area contributed by atoms with E-state index in [1.165, 1.54) is 5.15 Å². The van der Waals surface area contributed by atoms with Gasteiger partial charge in [-0.05, 0) is 16.0 Å². The first-order valence-electron chi connectivity index (χ1n) is 1.29. The van der Waals surface area contributed by atoms with Crippen molar-refractivity contribution in [2.75, 3.05) is 0 Å². The van der Waals surface area contributed by atoms with Crippen molar-refractivity contribution >= 4 is 0 Å². The lowest BCUT2D eigenvalue weighted by Crippen LogP contribution is -1.26. The molecule has 0 bridgehead atoms. The Balaban J connectivity index is 0. The van der Waals surface area contributed by atoms with Crippen molar-refractivity contribution in [3.63, 3.8) is 0 Å². The van der Waals surface area contributed by atoms with Crippen molar-refractivity contribution in [1.82, 2.24) is 0 Å². The van der Waals surface area contributed by atoms with Gasteiger partial charge in [0, 0.05) is 5.15 Å². The molecule has 3 heteroatoms. The normalized spacial score (nSPS) is 5.17. The van der Waals surface area contributed by atoms with Gasteiger partial charge in [-0.2, -0.15) is 0 Å². The Bertz CT molecular complexity index is 22.8. The van der Waals surface area contributed by atoms with Crippen molar-refractivity contribution in [2.24, 2.45) is 0 Å². The van der Waals surface area contributed by atoms with Gasteiger partial charge in [-0.25, -0.2) is 0 Å². The summed E-state index contributed by atoms with van der Waals surface area (Å²) in [5, 5.41) is 1.25. The Morgan fingerprint density at radius 1 is 1.67 bits per heavy atom. The Morgan fingerprint density at radius 2 is 1.67 bits per heavy atom. The molecule has 0 unspecified atom stereocenters. The number of halogens is 2. The average molecular weight is 96.1 g/mol. The molecular weight excluding hydrogens is 90.0 g/mol. The van der Waals surface area contributed by atoms with E-state index in [-0.39, 0.29) is 0 Å². The molecule has 0 spiro atoms. The van der Waals surface area contributed by atoms with E-state index in [4.69, 9.17) is 9.05 Å². The highest BCUT2D eigenvalue weighted by Gasteiger charge is 1.42. The molecule has 0 aliphatic carbocycles. The van der Waals surface area contributed by atoms with Crippen LogP contribution in [0.4, 0.5) is 9.05 Å². The minimum atomic E-state index is 1.25. The first kappa shape index (κ1) is 9.12. The van der Waals surface area contributed by atoms with Crippen molar-refractivity contribution < 1.29 is 14.2 Å². The highest BCUT2D eigenvalue weighted by Crippen LogP contribution is 1.61. The Hall–Kier alpha value is -0.440. The molecule has 0 amide bonds. The molecular formula is C3H6F2O. The van der Waals surface area contributed by atoms with Crippen LogP contribution < -0.4 is 0 Å². The van der Waals surface area contributed by atoms with Crippen LogP contribution >= 0.6 is 0 Å². The quantitative estimate of drug-likeness (QED) is 0.419. The van der Waals surface area contributed by atoms with Crippen LogP contribution in [0.2, 0.25) is 0 Å². The second kappa shape index (κ2) is 23.7. The van der Waals surface area contributed by atoms with Crippen molar-refractivity contribution in [2.45, 2.75) is 6.92 Å². The molecule has 0 fully saturated rings. The summed E-state index contributed by atoms with van der Waals surface area (Å²) in [4.78, 5) is 0. The molecule has 0 heterocycles. The van der Waals surface area contributed by atoms with Crippen LogP contribution in [0.25, 0.3) is 0 Å². The lowest BCUT2D eigenvalue weighted by atomic mass is 10.8. The second-order valence-electron chi connectivity index (χ2n) is 0.467. The van der Waals surface area contributed by atoms with Gasteiger partial charge in [0.1, 0.15) is 0 Å². The summed E-state index contributed by atoms with van der Waals surface area (Å²) in [6.45, 7) is 5.25.